The van der Waals surface area contributed by atoms with Gasteiger partial charge in [0.1, 0.15) is 23.4 Å². The summed E-state index contributed by atoms with van der Waals surface area (Å²) in [5.41, 5.74) is 1.86. The molecule has 3 rings (SSSR count). The zero-order valence-corrected chi connectivity index (χ0v) is 12.8. The third-order valence-electron chi connectivity index (χ3n) is 4.08. The van der Waals surface area contributed by atoms with Crippen LogP contribution in [0, 0.1) is 0 Å². The van der Waals surface area contributed by atoms with E-state index in [0.717, 1.165) is 11.5 Å². The van der Waals surface area contributed by atoms with E-state index in [9.17, 15) is 9.18 Å². The van der Waals surface area contributed by atoms with Crippen molar-refractivity contribution in [1.29, 1.82) is 0 Å². The summed E-state index contributed by atoms with van der Waals surface area (Å²) in [5, 5.41) is 0. The molecule has 2 aromatic rings. The third-order valence-corrected chi connectivity index (χ3v) is 4.08. The monoisotopic (exact) mass is 302 g/mol. The van der Waals surface area contributed by atoms with Gasteiger partial charge in [-0.2, -0.15) is 0 Å². The Kier molecular flexibility index (Phi) is 3.96. The molecule has 2 heterocycles. The number of aryl methyl sites for hydroxylation is 2. The van der Waals surface area contributed by atoms with Crippen LogP contribution in [-0.4, -0.2) is 28.6 Å². The molecule has 1 aromatic heterocycles. The number of benzene rings is 1. The number of hydrogen-bond acceptors (Lipinski definition) is 3. The smallest absolute Gasteiger partial charge is 0.211 e. The minimum Gasteiger partial charge on any atom is -0.497 e. The highest BCUT2D eigenvalue weighted by molar-refractivity contribution is 6.08. The van der Waals surface area contributed by atoms with Crippen LogP contribution in [0.1, 0.15) is 40.9 Å². The fourth-order valence-electron chi connectivity index (χ4n) is 2.90. The summed E-state index contributed by atoms with van der Waals surface area (Å²) >= 11 is 0. The Morgan fingerprint density at radius 1 is 1.41 bits per heavy atom. The highest BCUT2D eigenvalue weighted by Crippen LogP contribution is 2.25. The number of rotatable bonds is 4. The molecule has 0 bridgehead atoms. The number of ketones is 1. The molecule has 1 atom stereocenters. The van der Waals surface area contributed by atoms with E-state index in [-0.39, 0.29) is 12.3 Å². The number of methoxy groups -OCH3 is 1. The average Bonchev–Trinajstić information content (AvgIpc) is 2.92. The summed E-state index contributed by atoms with van der Waals surface area (Å²) in [4.78, 5) is 17.4. The van der Waals surface area contributed by atoms with Gasteiger partial charge in [0.2, 0.25) is 5.78 Å². The lowest BCUT2D eigenvalue weighted by Gasteiger charge is -2.19. The minimum atomic E-state index is -0.908. The number of imidazole rings is 1. The van der Waals surface area contributed by atoms with Gasteiger partial charge in [0, 0.05) is 12.0 Å². The van der Waals surface area contributed by atoms with Crippen LogP contribution in [0.15, 0.2) is 24.3 Å². The van der Waals surface area contributed by atoms with Crippen molar-refractivity contribution < 1.29 is 13.9 Å². The number of aromatic nitrogens is 2. The average molecular weight is 302 g/mol. The first kappa shape index (κ1) is 14.8. The summed E-state index contributed by atoms with van der Waals surface area (Å²) in [6.45, 7) is 2.19. The van der Waals surface area contributed by atoms with Crippen LogP contribution in [-0.2, 0) is 19.4 Å². The molecule has 1 aromatic carbocycles. The van der Waals surface area contributed by atoms with Crippen LogP contribution in [0.3, 0.4) is 0 Å². The molecule has 4 nitrogen and oxygen atoms in total. The van der Waals surface area contributed by atoms with Crippen molar-refractivity contribution >= 4 is 5.78 Å². The molecule has 116 valence electrons. The summed E-state index contributed by atoms with van der Waals surface area (Å²) in [6, 6.07) is 6.97. The number of ether oxygens (including phenoxy) is 1. The number of alkyl halides is 1. The van der Waals surface area contributed by atoms with Gasteiger partial charge in [0.05, 0.1) is 19.3 Å². The van der Waals surface area contributed by atoms with Gasteiger partial charge in [-0.05, 0) is 37.1 Å². The summed E-state index contributed by atoms with van der Waals surface area (Å²) in [6.07, 6.45) is 0.822. The quantitative estimate of drug-likeness (QED) is 0.816. The van der Waals surface area contributed by atoms with Crippen molar-refractivity contribution in [3.05, 3.63) is 47.0 Å². The first-order valence-corrected chi connectivity index (χ1v) is 7.55. The van der Waals surface area contributed by atoms with Crippen molar-refractivity contribution in [2.24, 2.45) is 0 Å². The van der Waals surface area contributed by atoms with Crippen molar-refractivity contribution in [3.63, 3.8) is 0 Å². The summed E-state index contributed by atoms with van der Waals surface area (Å²) in [5.74, 6) is 1.42. The maximum Gasteiger partial charge on any atom is 0.211 e. The lowest BCUT2D eigenvalue weighted by molar-refractivity contribution is 0.102. The van der Waals surface area contributed by atoms with E-state index < -0.39 is 6.17 Å². The van der Waals surface area contributed by atoms with E-state index in [4.69, 9.17) is 4.74 Å². The fourth-order valence-corrected chi connectivity index (χ4v) is 2.90. The molecule has 22 heavy (non-hydrogen) atoms. The Morgan fingerprint density at radius 3 is 2.77 bits per heavy atom. The topological polar surface area (TPSA) is 44.1 Å². The highest BCUT2D eigenvalue weighted by Gasteiger charge is 2.28. The predicted molar refractivity (Wildman–Crippen MR) is 81.2 cm³/mol. The van der Waals surface area contributed by atoms with E-state index in [1.54, 1.807) is 35.9 Å². The Hall–Kier alpha value is -2.17. The molecule has 0 fully saturated rings. The first-order chi connectivity index (χ1) is 10.6. The van der Waals surface area contributed by atoms with E-state index >= 15 is 0 Å². The van der Waals surface area contributed by atoms with Gasteiger partial charge in [-0.15, -0.1) is 0 Å². The summed E-state index contributed by atoms with van der Waals surface area (Å²) < 4.78 is 20.6. The van der Waals surface area contributed by atoms with Crippen LogP contribution in [0.4, 0.5) is 4.39 Å². The van der Waals surface area contributed by atoms with Gasteiger partial charge in [-0.25, -0.2) is 9.37 Å². The Balaban J connectivity index is 2.02. The largest absolute Gasteiger partial charge is 0.497 e. The maximum absolute atomic E-state index is 13.7. The Labute approximate surface area is 128 Å². The number of halogens is 1. The second kappa shape index (κ2) is 5.91. The van der Waals surface area contributed by atoms with E-state index in [0.29, 0.717) is 36.3 Å². The number of fused-ring (bicyclic) bond motifs is 1. The van der Waals surface area contributed by atoms with Crippen molar-refractivity contribution in [1.82, 2.24) is 9.55 Å². The second-order valence-corrected chi connectivity index (χ2v) is 5.48. The maximum atomic E-state index is 13.7. The molecule has 0 amide bonds. The zero-order chi connectivity index (χ0) is 15.7. The number of carbonyl (C=O) groups is 1. The standard InChI is InChI=1S/C17H19FN2O2/c1-3-14-16(20-10-12(18)6-9-15(20)19-14)17(21)11-4-7-13(22-2)8-5-11/h4-5,7-8,12H,3,6,9-10H2,1-2H3. The van der Waals surface area contributed by atoms with E-state index in [1.807, 2.05) is 6.92 Å². The molecule has 0 radical (unpaired) electrons. The van der Waals surface area contributed by atoms with E-state index in [2.05, 4.69) is 4.98 Å². The molecule has 0 aliphatic carbocycles. The lowest BCUT2D eigenvalue weighted by Crippen LogP contribution is -2.24. The van der Waals surface area contributed by atoms with Crippen molar-refractivity contribution in [2.75, 3.05) is 7.11 Å². The summed E-state index contributed by atoms with van der Waals surface area (Å²) in [7, 11) is 1.58. The fraction of sp³-hybridized carbons (Fsp3) is 0.412. The van der Waals surface area contributed by atoms with Gasteiger partial charge in [-0.3, -0.25) is 4.79 Å². The molecule has 0 saturated heterocycles. The van der Waals surface area contributed by atoms with Crippen LogP contribution >= 0.6 is 0 Å². The highest BCUT2D eigenvalue weighted by atomic mass is 19.1. The molecule has 1 aliphatic heterocycles. The van der Waals surface area contributed by atoms with Gasteiger partial charge in [0.25, 0.3) is 0 Å². The zero-order valence-electron chi connectivity index (χ0n) is 12.8. The number of carbonyl (C=O) groups excluding carboxylic acids is 1. The SMILES string of the molecule is CCc1nc2n(c1C(=O)c1ccc(OC)cc1)CC(F)CC2. The molecule has 1 aliphatic rings. The van der Waals surface area contributed by atoms with Crippen molar-refractivity contribution in [2.45, 2.75) is 38.9 Å². The second-order valence-electron chi connectivity index (χ2n) is 5.48. The van der Waals surface area contributed by atoms with Gasteiger partial charge in [0.15, 0.2) is 0 Å². The van der Waals surface area contributed by atoms with Crippen LogP contribution < -0.4 is 4.74 Å². The molecule has 0 saturated carbocycles. The normalized spacial score (nSPS) is 17.1. The predicted octanol–water partition coefficient (Wildman–Crippen LogP) is 2.97. The minimum absolute atomic E-state index is 0.104. The number of hydrogen-bond donors (Lipinski definition) is 0. The number of nitrogens with zero attached hydrogens (tertiary/aromatic N) is 2. The van der Waals surface area contributed by atoms with Gasteiger partial charge < -0.3 is 9.30 Å². The first-order valence-electron chi connectivity index (χ1n) is 7.55. The van der Waals surface area contributed by atoms with E-state index in [1.165, 1.54) is 0 Å². The molecular weight excluding hydrogens is 283 g/mol. The van der Waals surface area contributed by atoms with Gasteiger partial charge >= 0.3 is 0 Å². The van der Waals surface area contributed by atoms with Gasteiger partial charge in [-0.1, -0.05) is 6.92 Å². The van der Waals surface area contributed by atoms with Crippen LogP contribution in [0.5, 0.6) is 5.75 Å². The lowest BCUT2D eigenvalue weighted by atomic mass is 10.0. The third kappa shape index (κ3) is 2.51. The van der Waals surface area contributed by atoms with Crippen LogP contribution in [0.25, 0.3) is 0 Å². The molecule has 1 unspecified atom stereocenters. The van der Waals surface area contributed by atoms with Crippen molar-refractivity contribution in [3.8, 4) is 5.75 Å². The van der Waals surface area contributed by atoms with Crippen LogP contribution in [0.2, 0.25) is 0 Å². The molecule has 0 spiro atoms. The molecular formula is C17H19FN2O2. The molecule has 0 N–H and O–H groups in total. The Bertz CT molecular complexity index is 691. The Morgan fingerprint density at radius 2 is 2.14 bits per heavy atom. The molecule has 5 heteroatoms.